The molecule has 98 valence electrons. The van der Waals surface area contributed by atoms with Crippen LogP contribution in [-0.2, 0) is 0 Å². The minimum absolute atomic E-state index is 0.0238. The standard InChI is InChI=1S/C14H19NO3/c1-17-10-5-6-11(14(7-10)18-2)13(16)8-12(15)9-3-4-9/h5-7,9,12H,3-4,8,15H2,1-2H3. The van der Waals surface area contributed by atoms with Crippen LogP contribution >= 0.6 is 0 Å². The van der Waals surface area contributed by atoms with E-state index >= 15 is 0 Å². The fraction of sp³-hybridized carbons (Fsp3) is 0.500. The highest BCUT2D eigenvalue weighted by molar-refractivity contribution is 5.99. The van der Waals surface area contributed by atoms with Crippen molar-refractivity contribution in [1.82, 2.24) is 0 Å². The first-order chi connectivity index (χ1) is 8.65. The van der Waals surface area contributed by atoms with Crippen LogP contribution in [0.2, 0.25) is 0 Å². The monoisotopic (exact) mass is 249 g/mol. The van der Waals surface area contributed by atoms with Crippen LogP contribution in [0.4, 0.5) is 0 Å². The maximum Gasteiger partial charge on any atom is 0.168 e. The summed E-state index contributed by atoms with van der Waals surface area (Å²) >= 11 is 0. The highest BCUT2D eigenvalue weighted by atomic mass is 16.5. The lowest BCUT2D eigenvalue weighted by Crippen LogP contribution is -2.26. The fourth-order valence-electron chi connectivity index (χ4n) is 2.04. The molecule has 0 saturated heterocycles. The fourth-order valence-corrected chi connectivity index (χ4v) is 2.04. The van der Waals surface area contributed by atoms with Crippen molar-refractivity contribution in [3.63, 3.8) is 0 Å². The zero-order valence-electron chi connectivity index (χ0n) is 10.8. The van der Waals surface area contributed by atoms with Gasteiger partial charge in [-0.2, -0.15) is 0 Å². The second-order valence-corrected chi connectivity index (χ2v) is 4.69. The van der Waals surface area contributed by atoms with Gasteiger partial charge < -0.3 is 15.2 Å². The summed E-state index contributed by atoms with van der Waals surface area (Å²) in [5.41, 5.74) is 6.56. The number of nitrogens with two attached hydrogens (primary N) is 1. The second-order valence-electron chi connectivity index (χ2n) is 4.69. The van der Waals surface area contributed by atoms with Crippen LogP contribution in [0.5, 0.6) is 11.5 Å². The Labute approximate surface area is 107 Å². The predicted octanol–water partition coefficient (Wildman–Crippen LogP) is 2.01. The van der Waals surface area contributed by atoms with E-state index in [0.717, 1.165) is 12.8 Å². The first-order valence-corrected chi connectivity index (χ1v) is 6.16. The van der Waals surface area contributed by atoms with Gasteiger partial charge in [0.25, 0.3) is 0 Å². The molecule has 1 aliphatic carbocycles. The largest absolute Gasteiger partial charge is 0.497 e. The van der Waals surface area contributed by atoms with Crippen molar-refractivity contribution in [3.8, 4) is 11.5 Å². The maximum atomic E-state index is 12.2. The van der Waals surface area contributed by atoms with Gasteiger partial charge in [-0.15, -0.1) is 0 Å². The third kappa shape index (κ3) is 2.82. The summed E-state index contributed by atoms with van der Waals surface area (Å²) in [6.07, 6.45) is 2.68. The van der Waals surface area contributed by atoms with Crippen LogP contribution in [0, 0.1) is 5.92 Å². The number of carbonyl (C=O) groups excluding carboxylic acids is 1. The van der Waals surface area contributed by atoms with E-state index in [0.29, 0.717) is 29.4 Å². The molecule has 0 heterocycles. The molecule has 0 aliphatic heterocycles. The Bertz CT molecular complexity index is 441. The molecule has 1 aromatic carbocycles. The molecular weight excluding hydrogens is 230 g/mol. The Hall–Kier alpha value is -1.55. The van der Waals surface area contributed by atoms with E-state index in [9.17, 15) is 4.79 Å². The molecule has 4 heteroatoms. The Kier molecular flexibility index (Phi) is 3.87. The molecule has 18 heavy (non-hydrogen) atoms. The van der Waals surface area contributed by atoms with E-state index in [4.69, 9.17) is 15.2 Å². The molecule has 4 nitrogen and oxygen atoms in total. The van der Waals surface area contributed by atoms with Gasteiger partial charge in [0, 0.05) is 18.5 Å². The number of methoxy groups -OCH3 is 2. The van der Waals surface area contributed by atoms with Crippen molar-refractivity contribution >= 4 is 5.78 Å². The third-order valence-corrected chi connectivity index (χ3v) is 3.36. The summed E-state index contributed by atoms with van der Waals surface area (Å²) in [6.45, 7) is 0. The van der Waals surface area contributed by atoms with E-state index in [2.05, 4.69) is 0 Å². The number of rotatable bonds is 6. The molecule has 1 saturated carbocycles. The molecule has 2 N–H and O–H groups in total. The molecule has 2 rings (SSSR count). The zero-order valence-corrected chi connectivity index (χ0v) is 10.8. The van der Waals surface area contributed by atoms with Gasteiger partial charge in [-0.3, -0.25) is 4.79 Å². The minimum atomic E-state index is -0.0238. The van der Waals surface area contributed by atoms with Crippen molar-refractivity contribution in [2.45, 2.75) is 25.3 Å². The van der Waals surface area contributed by atoms with Gasteiger partial charge in [0.15, 0.2) is 5.78 Å². The molecule has 1 unspecified atom stereocenters. The summed E-state index contributed by atoms with van der Waals surface area (Å²) in [6, 6.07) is 5.19. The lowest BCUT2D eigenvalue weighted by molar-refractivity contribution is 0.0968. The van der Waals surface area contributed by atoms with E-state index < -0.39 is 0 Å². The first-order valence-electron chi connectivity index (χ1n) is 6.16. The molecule has 1 atom stereocenters. The van der Waals surface area contributed by atoms with Gasteiger partial charge >= 0.3 is 0 Å². The number of Topliss-reactive ketones (excluding diaryl/α,β-unsaturated/α-hetero) is 1. The number of ketones is 1. The smallest absolute Gasteiger partial charge is 0.168 e. The second kappa shape index (κ2) is 5.40. The van der Waals surface area contributed by atoms with Crippen molar-refractivity contribution in [2.24, 2.45) is 11.7 Å². The van der Waals surface area contributed by atoms with Crippen LogP contribution in [0.1, 0.15) is 29.6 Å². The molecule has 0 aromatic heterocycles. The van der Waals surface area contributed by atoms with E-state index in [1.54, 1.807) is 32.4 Å². The third-order valence-electron chi connectivity index (χ3n) is 3.36. The van der Waals surface area contributed by atoms with Crippen LogP contribution in [0.3, 0.4) is 0 Å². The molecule has 1 aromatic rings. The number of hydrogen-bond donors (Lipinski definition) is 1. The lowest BCUT2D eigenvalue weighted by Gasteiger charge is -2.12. The van der Waals surface area contributed by atoms with Crippen molar-refractivity contribution in [3.05, 3.63) is 23.8 Å². The topological polar surface area (TPSA) is 61.5 Å². The van der Waals surface area contributed by atoms with E-state index in [1.807, 2.05) is 0 Å². The minimum Gasteiger partial charge on any atom is -0.497 e. The SMILES string of the molecule is COc1ccc(C(=O)CC(N)C2CC2)c(OC)c1. The van der Waals surface area contributed by atoms with Gasteiger partial charge in [0.05, 0.1) is 19.8 Å². The summed E-state index contributed by atoms with van der Waals surface area (Å²) in [5.74, 6) is 1.78. The molecular formula is C14H19NO3. The Morgan fingerprint density at radius 1 is 1.39 bits per heavy atom. The van der Waals surface area contributed by atoms with Crippen molar-refractivity contribution in [1.29, 1.82) is 0 Å². The summed E-state index contributed by atoms with van der Waals surface area (Å²) in [5, 5.41) is 0. The van der Waals surface area contributed by atoms with Crippen LogP contribution in [0.25, 0.3) is 0 Å². The number of hydrogen-bond acceptors (Lipinski definition) is 4. The molecule has 0 amide bonds. The van der Waals surface area contributed by atoms with Gasteiger partial charge in [0.1, 0.15) is 11.5 Å². The van der Waals surface area contributed by atoms with Gasteiger partial charge in [-0.05, 0) is 30.9 Å². The highest BCUT2D eigenvalue weighted by Crippen LogP contribution is 2.34. The normalized spacial score (nSPS) is 16.2. The molecule has 0 bridgehead atoms. The van der Waals surface area contributed by atoms with Crippen LogP contribution < -0.4 is 15.2 Å². The van der Waals surface area contributed by atoms with Gasteiger partial charge in [-0.25, -0.2) is 0 Å². The van der Waals surface area contributed by atoms with Crippen LogP contribution in [0.15, 0.2) is 18.2 Å². The zero-order chi connectivity index (χ0) is 13.1. The summed E-state index contributed by atoms with van der Waals surface area (Å²) < 4.78 is 10.3. The summed E-state index contributed by atoms with van der Waals surface area (Å²) in [4.78, 5) is 12.2. The molecule has 0 radical (unpaired) electrons. The summed E-state index contributed by atoms with van der Waals surface area (Å²) in [7, 11) is 3.13. The number of ether oxygens (including phenoxy) is 2. The lowest BCUT2D eigenvalue weighted by atomic mass is 10.0. The number of carbonyl (C=O) groups is 1. The van der Waals surface area contributed by atoms with Gasteiger partial charge in [-0.1, -0.05) is 0 Å². The van der Waals surface area contributed by atoms with E-state index in [-0.39, 0.29) is 11.8 Å². The Morgan fingerprint density at radius 2 is 2.11 bits per heavy atom. The van der Waals surface area contributed by atoms with Crippen molar-refractivity contribution < 1.29 is 14.3 Å². The quantitative estimate of drug-likeness (QED) is 0.783. The highest BCUT2D eigenvalue weighted by Gasteiger charge is 2.30. The maximum absolute atomic E-state index is 12.2. The Balaban J connectivity index is 2.12. The average molecular weight is 249 g/mol. The average Bonchev–Trinajstić information content (AvgIpc) is 3.22. The first kappa shape index (κ1) is 12.9. The van der Waals surface area contributed by atoms with Gasteiger partial charge in [0.2, 0.25) is 0 Å². The number of benzene rings is 1. The molecule has 1 aliphatic rings. The van der Waals surface area contributed by atoms with E-state index in [1.165, 1.54) is 0 Å². The predicted molar refractivity (Wildman–Crippen MR) is 69.2 cm³/mol. The molecule has 1 fully saturated rings. The van der Waals surface area contributed by atoms with Crippen molar-refractivity contribution in [2.75, 3.05) is 14.2 Å². The van der Waals surface area contributed by atoms with Crippen LogP contribution in [-0.4, -0.2) is 26.0 Å². The Morgan fingerprint density at radius 3 is 2.67 bits per heavy atom. The molecule has 0 spiro atoms.